The number of rotatable bonds is 6. The van der Waals surface area contributed by atoms with Crippen molar-refractivity contribution in [3.63, 3.8) is 0 Å². The second kappa shape index (κ2) is 5.83. The molecule has 4 heteroatoms. The molecule has 1 atom stereocenters. The van der Waals surface area contributed by atoms with Crippen LogP contribution in [0.5, 0.6) is 0 Å². The van der Waals surface area contributed by atoms with Crippen LogP contribution in [0.4, 0.5) is 0 Å². The van der Waals surface area contributed by atoms with Crippen LogP contribution in [0, 0.1) is 5.92 Å². The van der Waals surface area contributed by atoms with Gasteiger partial charge in [0, 0.05) is 24.5 Å². The number of likely N-dealkylation sites (N-methyl/N-ethyl adjacent to an activating group) is 1. The van der Waals surface area contributed by atoms with Crippen LogP contribution >= 0.6 is 0 Å². The van der Waals surface area contributed by atoms with Gasteiger partial charge in [0.05, 0.1) is 0 Å². The van der Waals surface area contributed by atoms with Crippen molar-refractivity contribution < 1.29 is 4.79 Å². The number of nitrogens with zero attached hydrogens (tertiary/aromatic N) is 1. The molecule has 0 aromatic heterocycles. The molecule has 4 nitrogen and oxygen atoms in total. The van der Waals surface area contributed by atoms with Crippen molar-refractivity contribution in [2.75, 3.05) is 20.6 Å². The molecule has 0 saturated heterocycles. The zero-order valence-electron chi connectivity index (χ0n) is 11.6. The summed E-state index contributed by atoms with van der Waals surface area (Å²) in [4.78, 5) is 14.0. The number of hydrogen-bond donors (Lipinski definition) is 2. The van der Waals surface area contributed by atoms with Crippen molar-refractivity contribution in [3.05, 3.63) is 0 Å². The van der Waals surface area contributed by atoms with E-state index in [-0.39, 0.29) is 11.4 Å². The van der Waals surface area contributed by atoms with Gasteiger partial charge in [-0.15, -0.1) is 0 Å². The summed E-state index contributed by atoms with van der Waals surface area (Å²) >= 11 is 0. The summed E-state index contributed by atoms with van der Waals surface area (Å²) in [6, 6.07) is 0.383. The van der Waals surface area contributed by atoms with E-state index in [9.17, 15) is 4.79 Å². The zero-order valence-corrected chi connectivity index (χ0v) is 11.6. The van der Waals surface area contributed by atoms with Gasteiger partial charge in [-0.25, -0.2) is 0 Å². The van der Waals surface area contributed by atoms with Crippen LogP contribution < -0.4 is 11.1 Å². The topological polar surface area (TPSA) is 58.4 Å². The minimum absolute atomic E-state index is 0.0969. The summed E-state index contributed by atoms with van der Waals surface area (Å²) in [5, 5.41) is 3.01. The lowest BCUT2D eigenvalue weighted by molar-refractivity contribution is -0.123. The molecule has 1 rings (SSSR count). The monoisotopic (exact) mass is 241 g/mol. The van der Waals surface area contributed by atoms with Crippen molar-refractivity contribution in [2.45, 2.75) is 51.1 Å². The average molecular weight is 241 g/mol. The highest BCUT2D eigenvalue weighted by atomic mass is 16.1. The van der Waals surface area contributed by atoms with Gasteiger partial charge < -0.3 is 16.0 Å². The highest BCUT2D eigenvalue weighted by Gasteiger charge is 2.34. The Labute approximate surface area is 105 Å². The van der Waals surface area contributed by atoms with Crippen molar-refractivity contribution in [1.29, 1.82) is 0 Å². The molecule has 0 aromatic carbocycles. The fraction of sp³-hybridized carbons (Fsp3) is 0.923. The Bertz CT molecular complexity index is 251. The molecule has 0 spiro atoms. The van der Waals surface area contributed by atoms with E-state index in [2.05, 4.69) is 24.1 Å². The van der Waals surface area contributed by atoms with Gasteiger partial charge in [-0.05, 0) is 39.3 Å². The normalized spacial score (nSPS) is 20.2. The molecule has 0 aliphatic heterocycles. The smallest absolute Gasteiger partial charge is 0.221 e. The number of nitrogens with one attached hydrogen (secondary N) is 1. The standard InChI is InChI=1S/C13H27N3O/c1-10(2)11(16(3)4)9-15-12(17)8-13(14)6-5-7-13/h10-11H,5-9,14H2,1-4H3,(H,15,17). The molecule has 0 bridgehead atoms. The summed E-state index contributed by atoms with van der Waals surface area (Å²) in [5.74, 6) is 0.625. The minimum atomic E-state index is -0.213. The molecule has 0 radical (unpaired) electrons. The quantitative estimate of drug-likeness (QED) is 0.728. The third-order valence-electron chi connectivity index (χ3n) is 3.80. The van der Waals surface area contributed by atoms with E-state index < -0.39 is 0 Å². The Morgan fingerprint density at radius 3 is 2.35 bits per heavy atom. The van der Waals surface area contributed by atoms with Crippen molar-refractivity contribution in [1.82, 2.24) is 10.2 Å². The summed E-state index contributed by atoms with van der Waals surface area (Å²) in [6.45, 7) is 5.06. The van der Waals surface area contributed by atoms with E-state index in [0.717, 1.165) is 19.3 Å². The summed E-state index contributed by atoms with van der Waals surface area (Å²) < 4.78 is 0. The zero-order chi connectivity index (χ0) is 13.1. The largest absolute Gasteiger partial charge is 0.354 e. The van der Waals surface area contributed by atoms with Gasteiger partial charge in [0.15, 0.2) is 0 Å². The molecule has 1 amide bonds. The van der Waals surface area contributed by atoms with E-state index in [1.165, 1.54) is 0 Å². The molecule has 17 heavy (non-hydrogen) atoms. The molecule has 3 N–H and O–H groups in total. The van der Waals surface area contributed by atoms with Crippen LogP contribution in [0.3, 0.4) is 0 Å². The van der Waals surface area contributed by atoms with E-state index in [1.54, 1.807) is 0 Å². The second-order valence-electron chi connectivity index (χ2n) is 5.97. The maximum absolute atomic E-state index is 11.8. The maximum Gasteiger partial charge on any atom is 0.221 e. The van der Waals surface area contributed by atoms with Gasteiger partial charge in [-0.1, -0.05) is 13.8 Å². The maximum atomic E-state index is 11.8. The van der Waals surface area contributed by atoms with Crippen LogP contribution in [-0.2, 0) is 4.79 Å². The van der Waals surface area contributed by atoms with E-state index >= 15 is 0 Å². The predicted molar refractivity (Wildman–Crippen MR) is 70.7 cm³/mol. The summed E-state index contributed by atoms with van der Waals surface area (Å²) in [5.41, 5.74) is 5.85. The van der Waals surface area contributed by atoms with E-state index in [4.69, 9.17) is 5.73 Å². The number of nitrogens with two attached hydrogens (primary N) is 1. The summed E-state index contributed by atoms with van der Waals surface area (Å²) in [7, 11) is 4.10. The number of carbonyl (C=O) groups excluding carboxylic acids is 1. The van der Waals surface area contributed by atoms with Crippen LogP contribution in [0.2, 0.25) is 0 Å². The molecular weight excluding hydrogens is 214 g/mol. The molecule has 1 saturated carbocycles. The Morgan fingerprint density at radius 1 is 1.41 bits per heavy atom. The van der Waals surface area contributed by atoms with Crippen LogP contribution in [0.1, 0.15) is 39.5 Å². The SMILES string of the molecule is CC(C)C(CNC(=O)CC1(N)CCC1)N(C)C. The van der Waals surface area contributed by atoms with Crippen molar-refractivity contribution in [3.8, 4) is 0 Å². The lowest BCUT2D eigenvalue weighted by Gasteiger charge is -2.37. The lowest BCUT2D eigenvalue weighted by atomic mass is 9.75. The average Bonchev–Trinajstić information content (AvgIpc) is 2.14. The van der Waals surface area contributed by atoms with Gasteiger partial charge >= 0.3 is 0 Å². The molecule has 1 fully saturated rings. The minimum Gasteiger partial charge on any atom is -0.354 e. The molecule has 1 aliphatic carbocycles. The first-order valence-corrected chi connectivity index (χ1v) is 6.56. The number of amides is 1. The Morgan fingerprint density at radius 2 is 2.00 bits per heavy atom. The molecule has 0 heterocycles. The first-order chi connectivity index (χ1) is 7.84. The predicted octanol–water partition coefficient (Wildman–Crippen LogP) is 0.960. The van der Waals surface area contributed by atoms with Gasteiger partial charge in [0.25, 0.3) is 0 Å². The molecule has 100 valence electrons. The van der Waals surface area contributed by atoms with Crippen molar-refractivity contribution >= 4 is 5.91 Å². The molecule has 1 unspecified atom stereocenters. The number of hydrogen-bond acceptors (Lipinski definition) is 3. The van der Waals surface area contributed by atoms with Crippen LogP contribution in [-0.4, -0.2) is 43.0 Å². The van der Waals surface area contributed by atoms with Crippen LogP contribution in [0.25, 0.3) is 0 Å². The fourth-order valence-corrected chi connectivity index (χ4v) is 2.42. The fourth-order valence-electron chi connectivity index (χ4n) is 2.42. The second-order valence-corrected chi connectivity index (χ2v) is 5.97. The first-order valence-electron chi connectivity index (χ1n) is 6.56. The van der Waals surface area contributed by atoms with E-state index in [0.29, 0.717) is 24.9 Å². The Balaban J connectivity index is 2.31. The third kappa shape index (κ3) is 4.28. The summed E-state index contributed by atoms with van der Waals surface area (Å²) in [6.07, 6.45) is 3.62. The van der Waals surface area contributed by atoms with E-state index in [1.807, 2.05) is 14.1 Å². The highest BCUT2D eigenvalue weighted by Crippen LogP contribution is 2.31. The lowest BCUT2D eigenvalue weighted by Crippen LogP contribution is -2.51. The van der Waals surface area contributed by atoms with Crippen LogP contribution in [0.15, 0.2) is 0 Å². The van der Waals surface area contributed by atoms with Crippen molar-refractivity contribution in [2.24, 2.45) is 11.7 Å². The third-order valence-corrected chi connectivity index (χ3v) is 3.80. The molecular formula is C13H27N3O. The van der Waals surface area contributed by atoms with Gasteiger partial charge in [0.2, 0.25) is 5.91 Å². The highest BCUT2D eigenvalue weighted by molar-refractivity contribution is 5.77. The molecule has 0 aromatic rings. The first kappa shape index (κ1) is 14.5. The van der Waals surface area contributed by atoms with Gasteiger partial charge in [-0.2, -0.15) is 0 Å². The molecule has 1 aliphatic rings. The Kier molecular flexibility index (Phi) is 4.95. The van der Waals surface area contributed by atoms with Gasteiger partial charge in [-0.3, -0.25) is 4.79 Å². The van der Waals surface area contributed by atoms with Gasteiger partial charge in [0.1, 0.15) is 0 Å². The number of carbonyl (C=O) groups is 1. The Hall–Kier alpha value is -0.610.